The molecule has 0 aromatic heterocycles. The predicted molar refractivity (Wildman–Crippen MR) is 112 cm³/mol. The Kier molecular flexibility index (Phi) is 7.05. The van der Waals surface area contributed by atoms with E-state index in [2.05, 4.69) is 41.7 Å². The standard InChI is InChI=1S/C24H32N2O/c1-26(2)24(27)22-12-6-10-20(18-22)16-17-25-23-13-7-11-21(23)15-14-19-8-4-3-5-9-19/h3-6,8-10,12,18,21,23,25H,7,11,13-17H2,1-2H3/t21-,23+/m0/s1. The Morgan fingerprint density at radius 1 is 1.00 bits per heavy atom. The van der Waals surface area contributed by atoms with Crippen LogP contribution in [0.5, 0.6) is 0 Å². The second kappa shape index (κ2) is 9.70. The highest BCUT2D eigenvalue weighted by molar-refractivity contribution is 5.94. The van der Waals surface area contributed by atoms with Gasteiger partial charge in [0.15, 0.2) is 0 Å². The molecule has 3 rings (SSSR count). The Balaban J connectivity index is 1.46. The van der Waals surface area contributed by atoms with Crippen LogP contribution in [-0.2, 0) is 12.8 Å². The Morgan fingerprint density at radius 2 is 1.78 bits per heavy atom. The highest BCUT2D eigenvalue weighted by Gasteiger charge is 2.26. The maximum atomic E-state index is 12.1. The Hall–Kier alpha value is -2.13. The molecule has 2 atom stereocenters. The summed E-state index contributed by atoms with van der Waals surface area (Å²) in [5.41, 5.74) is 3.46. The second-order valence-electron chi connectivity index (χ2n) is 7.93. The first-order valence-corrected chi connectivity index (χ1v) is 10.2. The average molecular weight is 365 g/mol. The first kappa shape index (κ1) is 19.6. The van der Waals surface area contributed by atoms with Gasteiger partial charge in [-0.3, -0.25) is 4.79 Å². The number of carbonyl (C=O) groups excluding carboxylic acids is 1. The molecule has 2 aromatic rings. The minimum atomic E-state index is 0.0709. The van der Waals surface area contributed by atoms with Gasteiger partial charge >= 0.3 is 0 Å². The van der Waals surface area contributed by atoms with Gasteiger partial charge in [-0.15, -0.1) is 0 Å². The number of aryl methyl sites for hydroxylation is 1. The van der Waals surface area contributed by atoms with Gasteiger partial charge in [0.25, 0.3) is 5.91 Å². The first-order chi connectivity index (χ1) is 13.1. The SMILES string of the molecule is CN(C)C(=O)c1cccc(CCN[C@@H]2CCC[C@H]2CCc2ccccc2)c1. The molecule has 1 N–H and O–H groups in total. The third kappa shape index (κ3) is 5.67. The molecule has 27 heavy (non-hydrogen) atoms. The van der Waals surface area contributed by atoms with Gasteiger partial charge in [-0.1, -0.05) is 48.9 Å². The maximum Gasteiger partial charge on any atom is 0.253 e. The van der Waals surface area contributed by atoms with Crippen molar-refractivity contribution in [3.05, 3.63) is 71.3 Å². The van der Waals surface area contributed by atoms with Crippen molar-refractivity contribution < 1.29 is 4.79 Å². The van der Waals surface area contributed by atoms with E-state index in [1.807, 2.05) is 18.2 Å². The zero-order chi connectivity index (χ0) is 19.1. The van der Waals surface area contributed by atoms with Crippen molar-refractivity contribution in [1.29, 1.82) is 0 Å². The van der Waals surface area contributed by atoms with Gasteiger partial charge in [0.2, 0.25) is 0 Å². The number of rotatable bonds is 8. The van der Waals surface area contributed by atoms with Crippen LogP contribution in [0.1, 0.15) is 47.2 Å². The average Bonchev–Trinajstić information content (AvgIpc) is 3.14. The van der Waals surface area contributed by atoms with Gasteiger partial charge in [-0.2, -0.15) is 0 Å². The van der Waals surface area contributed by atoms with E-state index in [1.165, 1.54) is 43.2 Å². The molecule has 2 aromatic carbocycles. The topological polar surface area (TPSA) is 32.3 Å². The number of nitrogens with one attached hydrogen (secondary N) is 1. The van der Waals surface area contributed by atoms with E-state index in [0.717, 1.165) is 24.4 Å². The molecule has 3 nitrogen and oxygen atoms in total. The molecule has 0 radical (unpaired) electrons. The summed E-state index contributed by atoms with van der Waals surface area (Å²) in [6.45, 7) is 0.978. The molecule has 0 heterocycles. The van der Waals surface area contributed by atoms with Crippen LogP contribution in [0.4, 0.5) is 0 Å². The van der Waals surface area contributed by atoms with E-state index < -0.39 is 0 Å². The number of carbonyl (C=O) groups is 1. The molecule has 0 saturated heterocycles. The molecule has 144 valence electrons. The monoisotopic (exact) mass is 364 g/mol. The molecular formula is C24H32N2O. The van der Waals surface area contributed by atoms with Crippen LogP contribution in [0.3, 0.4) is 0 Å². The molecule has 1 aliphatic carbocycles. The van der Waals surface area contributed by atoms with Crippen molar-refractivity contribution in [2.45, 2.75) is 44.6 Å². The molecule has 1 amide bonds. The molecule has 0 aliphatic heterocycles. The van der Waals surface area contributed by atoms with E-state index in [9.17, 15) is 4.79 Å². The van der Waals surface area contributed by atoms with Gasteiger partial charge in [0, 0.05) is 25.7 Å². The van der Waals surface area contributed by atoms with Crippen LogP contribution in [-0.4, -0.2) is 37.5 Å². The van der Waals surface area contributed by atoms with Crippen LogP contribution in [0.2, 0.25) is 0 Å². The van der Waals surface area contributed by atoms with Crippen LogP contribution in [0, 0.1) is 5.92 Å². The summed E-state index contributed by atoms with van der Waals surface area (Å²) < 4.78 is 0. The van der Waals surface area contributed by atoms with Gasteiger partial charge in [-0.05, 0) is 67.8 Å². The fraction of sp³-hybridized carbons (Fsp3) is 0.458. The molecule has 0 bridgehead atoms. The smallest absolute Gasteiger partial charge is 0.253 e. The zero-order valence-corrected chi connectivity index (χ0v) is 16.7. The van der Waals surface area contributed by atoms with Gasteiger partial charge in [0.05, 0.1) is 0 Å². The highest BCUT2D eigenvalue weighted by atomic mass is 16.2. The minimum absolute atomic E-state index is 0.0709. The van der Waals surface area contributed by atoms with Gasteiger partial charge in [0.1, 0.15) is 0 Å². The van der Waals surface area contributed by atoms with Crippen LogP contribution >= 0.6 is 0 Å². The quantitative estimate of drug-likeness (QED) is 0.756. The Bertz CT molecular complexity index is 726. The van der Waals surface area contributed by atoms with Crippen molar-refractivity contribution in [1.82, 2.24) is 10.2 Å². The number of amides is 1. The summed E-state index contributed by atoms with van der Waals surface area (Å²) >= 11 is 0. The summed E-state index contributed by atoms with van der Waals surface area (Å²) in [5.74, 6) is 0.855. The Morgan fingerprint density at radius 3 is 2.56 bits per heavy atom. The van der Waals surface area contributed by atoms with E-state index >= 15 is 0 Å². The fourth-order valence-electron chi connectivity index (χ4n) is 4.17. The highest BCUT2D eigenvalue weighted by Crippen LogP contribution is 2.29. The van der Waals surface area contributed by atoms with E-state index in [4.69, 9.17) is 0 Å². The summed E-state index contributed by atoms with van der Waals surface area (Å²) in [5, 5.41) is 3.79. The molecule has 3 heteroatoms. The number of hydrogen-bond acceptors (Lipinski definition) is 2. The summed E-state index contributed by atoms with van der Waals surface area (Å²) in [6, 6.07) is 19.5. The van der Waals surface area contributed by atoms with E-state index in [0.29, 0.717) is 6.04 Å². The lowest BCUT2D eigenvalue weighted by Gasteiger charge is -2.21. The molecule has 1 fully saturated rings. The van der Waals surface area contributed by atoms with Crippen molar-refractivity contribution in [2.24, 2.45) is 5.92 Å². The second-order valence-corrected chi connectivity index (χ2v) is 7.93. The summed E-state index contributed by atoms with van der Waals surface area (Å²) in [7, 11) is 3.60. The molecule has 0 unspecified atom stereocenters. The number of benzene rings is 2. The number of hydrogen-bond donors (Lipinski definition) is 1. The predicted octanol–water partition coefficient (Wildman–Crippen LogP) is 4.32. The third-order valence-electron chi connectivity index (χ3n) is 5.71. The summed E-state index contributed by atoms with van der Waals surface area (Å²) in [6.07, 6.45) is 7.39. The van der Waals surface area contributed by atoms with E-state index in [1.54, 1.807) is 19.0 Å². The van der Waals surface area contributed by atoms with Crippen LogP contribution in [0.25, 0.3) is 0 Å². The molecule has 1 aliphatic rings. The van der Waals surface area contributed by atoms with Crippen molar-refractivity contribution >= 4 is 5.91 Å². The minimum Gasteiger partial charge on any atom is -0.345 e. The van der Waals surface area contributed by atoms with E-state index in [-0.39, 0.29) is 5.91 Å². The largest absolute Gasteiger partial charge is 0.345 e. The third-order valence-corrected chi connectivity index (χ3v) is 5.71. The lowest BCUT2D eigenvalue weighted by Crippen LogP contribution is -2.34. The molecule has 1 saturated carbocycles. The lowest BCUT2D eigenvalue weighted by molar-refractivity contribution is 0.0827. The normalized spacial score (nSPS) is 19.2. The maximum absolute atomic E-state index is 12.1. The van der Waals surface area contributed by atoms with Crippen molar-refractivity contribution in [3.8, 4) is 0 Å². The Labute approximate surface area is 163 Å². The van der Waals surface area contributed by atoms with Crippen molar-refractivity contribution in [2.75, 3.05) is 20.6 Å². The first-order valence-electron chi connectivity index (χ1n) is 10.2. The fourth-order valence-corrected chi connectivity index (χ4v) is 4.17. The van der Waals surface area contributed by atoms with Crippen molar-refractivity contribution in [3.63, 3.8) is 0 Å². The lowest BCUT2D eigenvalue weighted by atomic mass is 9.95. The molecular weight excluding hydrogens is 332 g/mol. The van der Waals surface area contributed by atoms with Crippen LogP contribution < -0.4 is 5.32 Å². The van der Waals surface area contributed by atoms with Gasteiger partial charge < -0.3 is 10.2 Å². The number of nitrogens with zero attached hydrogens (tertiary/aromatic N) is 1. The summed E-state index contributed by atoms with van der Waals surface area (Å²) in [4.78, 5) is 13.8. The zero-order valence-electron chi connectivity index (χ0n) is 16.7. The molecule has 0 spiro atoms. The van der Waals surface area contributed by atoms with Gasteiger partial charge in [-0.25, -0.2) is 0 Å². The van der Waals surface area contributed by atoms with Crippen LogP contribution in [0.15, 0.2) is 54.6 Å².